The van der Waals surface area contributed by atoms with Crippen molar-refractivity contribution in [2.75, 3.05) is 20.8 Å². The largest absolute Gasteiger partial charge is 0.496 e. The lowest BCUT2D eigenvalue weighted by Gasteiger charge is -2.12. The molecule has 0 saturated carbocycles. The first kappa shape index (κ1) is 13.3. The molecule has 17 heavy (non-hydrogen) atoms. The average molecular weight is 258 g/mol. The minimum atomic E-state index is -0.646. The lowest BCUT2D eigenvalue weighted by atomic mass is 10.1. The number of carbonyl (C=O) groups excluding carboxylic acids is 2. The fourth-order valence-electron chi connectivity index (χ4n) is 1.31. The first-order valence-electron chi connectivity index (χ1n) is 4.77. The van der Waals surface area contributed by atoms with E-state index in [-0.39, 0.29) is 12.1 Å². The molecular weight excluding hydrogens is 246 g/mol. The second-order valence-corrected chi connectivity index (χ2v) is 3.50. The van der Waals surface area contributed by atoms with Crippen LogP contribution in [-0.2, 0) is 4.79 Å². The highest BCUT2D eigenvalue weighted by molar-refractivity contribution is 6.64. The molecule has 92 valence electrons. The molecule has 0 heterocycles. The van der Waals surface area contributed by atoms with Crippen LogP contribution in [0, 0.1) is 0 Å². The summed E-state index contributed by atoms with van der Waals surface area (Å²) in [6, 6.07) is 4.95. The van der Waals surface area contributed by atoms with E-state index in [1.807, 2.05) is 0 Å². The SMILES string of the molecule is COc1cccc(OC)c1C(=O)NCC(=O)Cl. The fraction of sp³-hybridized carbons (Fsp3) is 0.273. The highest BCUT2D eigenvalue weighted by atomic mass is 35.5. The molecule has 1 amide bonds. The summed E-state index contributed by atoms with van der Waals surface area (Å²) in [4.78, 5) is 22.4. The van der Waals surface area contributed by atoms with E-state index in [9.17, 15) is 9.59 Å². The molecule has 0 atom stereocenters. The van der Waals surface area contributed by atoms with Gasteiger partial charge >= 0.3 is 0 Å². The van der Waals surface area contributed by atoms with Gasteiger partial charge in [0.15, 0.2) is 0 Å². The Morgan fingerprint density at radius 3 is 2.18 bits per heavy atom. The van der Waals surface area contributed by atoms with Crippen LogP contribution in [0.4, 0.5) is 0 Å². The van der Waals surface area contributed by atoms with Gasteiger partial charge < -0.3 is 14.8 Å². The molecule has 1 aromatic carbocycles. The molecule has 0 fully saturated rings. The fourth-order valence-corrected chi connectivity index (χ4v) is 1.38. The first-order valence-corrected chi connectivity index (χ1v) is 5.15. The maximum atomic E-state index is 11.8. The predicted octanol–water partition coefficient (Wildman–Crippen LogP) is 1.20. The Balaban J connectivity index is 3.01. The number of methoxy groups -OCH3 is 2. The summed E-state index contributed by atoms with van der Waals surface area (Å²) in [6.45, 7) is -0.248. The van der Waals surface area contributed by atoms with Crippen LogP contribution in [-0.4, -0.2) is 31.9 Å². The standard InChI is InChI=1S/C11H12ClNO4/c1-16-7-4-3-5-8(17-2)10(7)11(15)13-6-9(12)14/h3-5H,6H2,1-2H3,(H,13,15). The van der Waals surface area contributed by atoms with Crippen LogP contribution in [0.3, 0.4) is 0 Å². The van der Waals surface area contributed by atoms with Gasteiger partial charge in [-0.2, -0.15) is 0 Å². The van der Waals surface area contributed by atoms with Crippen LogP contribution in [0.1, 0.15) is 10.4 Å². The number of amides is 1. The molecule has 0 saturated heterocycles. The second-order valence-electron chi connectivity index (χ2n) is 3.08. The van der Waals surface area contributed by atoms with Gasteiger partial charge in [-0.15, -0.1) is 0 Å². The van der Waals surface area contributed by atoms with Crippen LogP contribution in [0.2, 0.25) is 0 Å². The molecule has 0 bridgehead atoms. The average Bonchev–Trinajstić information content (AvgIpc) is 2.34. The number of ether oxygens (including phenoxy) is 2. The molecule has 0 radical (unpaired) electrons. The van der Waals surface area contributed by atoms with Crippen molar-refractivity contribution in [3.8, 4) is 11.5 Å². The third-order valence-electron chi connectivity index (χ3n) is 2.04. The van der Waals surface area contributed by atoms with Crippen molar-refractivity contribution in [2.24, 2.45) is 0 Å². The van der Waals surface area contributed by atoms with E-state index in [1.165, 1.54) is 14.2 Å². The number of hydrogen-bond donors (Lipinski definition) is 1. The topological polar surface area (TPSA) is 64.6 Å². The zero-order valence-corrected chi connectivity index (χ0v) is 10.2. The normalized spacial score (nSPS) is 9.59. The minimum absolute atomic E-state index is 0.232. The van der Waals surface area contributed by atoms with Crippen molar-refractivity contribution >= 4 is 22.8 Å². The van der Waals surface area contributed by atoms with E-state index in [4.69, 9.17) is 21.1 Å². The van der Waals surface area contributed by atoms with Crippen LogP contribution in [0.5, 0.6) is 11.5 Å². The van der Waals surface area contributed by atoms with E-state index in [2.05, 4.69) is 5.32 Å². The number of halogens is 1. The summed E-state index contributed by atoms with van der Waals surface area (Å²) < 4.78 is 10.1. The maximum absolute atomic E-state index is 11.8. The van der Waals surface area contributed by atoms with Crippen molar-refractivity contribution in [3.63, 3.8) is 0 Å². The summed E-state index contributed by atoms with van der Waals surface area (Å²) in [6.07, 6.45) is 0. The molecule has 0 aromatic heterocycles. The predicted molar refractivity (Wildman–Crippen MR) is 62.7 cm³/mol. The van der Waals surface area contributed by atoms with Crippen molar-refractivity contribution in [2.45, 2.75) is 0 Å². The Morgan fingerprint density at radius 1 is 1.24 bits per heavy atom. The monoisotopic (exact) mass is 257 g/mol. The molecule has 0 spiro atoms. The molecular formula is C11H12ClNO4. The van der Waals surface area contributed by atoms with Gasteiger partial charge in [0.2, 0.25) is 5.24 Å². The Bertz CT molecular complexity index is 411. The molecule has 6 heteroatoms. The summed E-state index contributed by atoms with van der Waals surface area (Å²) >= 11 is 5.14. The Kier molecular flexibility index (Phi) is 4.78. The van der Waals surface area contributed by atoms with Gasteiger partial charge in [-0.05, 0) is 23.7 Å². The molecule has 1 rings (SSSR count). The number of hydrogen-bond acceptors (Lipinski definition) is 4. The van der Waals surface area contributed by atoms with Gasteiger partial charge in [0, 0.05) is 0 Å². The minimum Gasteiger partial charge on any atom is -0.496 e. The van der Waals surface area contributed by atoms with E-state index in [1.54, 1.807) is 18.2 Å². The zero-order valence-electron chi connectivity index (χ0n) is 9.45. The van der Waals surface area contributed by atoms with Crippen LogP contribution < -0.4 is 14.8 Å². The van der Waals surface area contributed by atoms with E-state index in [0.717, 1.165) is 0 Å². The van der Waals surface area contributed by atoms with Gasteiger partial charge in [-0.3, -0.25) is 9.59 Å². The van der Waals surface area contributed by atoms with Gasteiger partial charge in [0.25, 0.3) is 5.91 Å². The summed E-state index contributed by atoms with van der Waals surface area (Å²) in [5.41, 5.74) is 0.232. The molecule has 0 aliphatic rings. The van der Waals surface area contributed by atoms with E-state index >= 15 is 0 Å². The van der Waals surface area contributed by atoms with Crippen molar-refractivity contribution in [1.29, 1.82) is 0 Å². The number of benzene rings is 1. The number of rotatable bonds is 5. The third kappa shape index (κ3) is 3.35. The van der Waals surface area contributed by atoms with Crippen LogP contribution >= 0.6 is 11.6 Å². The maximum Gasteiger partial charge on any atom is 0.259 e. The van der Waals surface area contributed by atoms with Gasteiger partial charge in [0.1, 0.15) is 17.1 Å². The molecule has 0 aliphatic carbocycles. The second kappa shape index (κ2) is 6.10. The van der Waals surface area contributed by atoms with Crippen molar-refractivity contribution < 1.29 is 19.1 Å². The van der Waals surface area contributed by atoms with Crippen molar-refractivity contribution in [3.05, 3.63) is 23.8 Å². The van der Waals surface area contributed by atoms with Gasteiger partial charge in [-0.1, -0.05) is 6.07 Å². The Hall–Kier alpha value is -1.75. The summed E-state index contributed by atoms with van der Waals surface area (Å²) in [5, 5.41) is 1.72. The van der Waals surface area contributed by atoms with E-state index < -0.39 is 11.1 Å². The lowest BCUT2D eigenvalue weighted by molar-refractivity contribution is -0.110. The third-order valence-corrected chi connectivity index (χ3v) is 2.18. The smallest absolute Gasteiger partial charge is 0.259 e. The highest BCUT2D eigenvalue weighted by Crippen LogP contribution is 2.27. The zero-order chi connectivity index (χ0) is 12.8. The van der Waals surface area contributed by atoms with Gasteiger partial charge in [0.05, 0.1) is 20.8 Å². The molecule has 1 aromatic rings. The quantitative estimate of drug-likeness (QED) is 0.805. The summed E-state index contributed by atoms with van der Waals surface area (Å²) in [5.74, 6) is 0.251. The molecule has 5 nitrogen and oxygen atoms in total. The number of carbonyl (C=O) groups is 2. The van der Waals surface area contributed by atoms with Crippen molar-refractivity contribution in [1.82, 2.24) is 5.32 Å². The van der Waals surface area contributed by atoms with Crippen LogP contribution in [0.25, 0.3) is 0 Å². The van der Waals surface area contributed by atoms with E-state index in [0.29, 0.717) is 11.5 Å². The Morgan fingerprint density at radius 2 is 1.76 bits per heavy atom. The Labute approximate surface area is 104 Å². The number of nitrogens with one attached hydrogen (secondary N) is 1. The lowest BCUT2D eigenvalue weighted by Crippen LogP contribution is -2.28. The highest BCUT2D eigenvalue weighted by Gasteiger charge is 2.18. The molecule has 1 N–H and O–H groups in total. The molecule has 0 unspecified atom stereocenters. The van der Waals surface area contributed by atoms with Gasteiger partial charge in [-0.25, -0.2) is 0 Å². The first-order chi connectivity index (χ1) is 8.10. The summed E-state index contributed by atoms with van der Waals surface area (Å²) in [7, 11) is 2.89. The van der Waals surface area contributed by atoms with Crippen LogP contribution in [0.15, 0.2) is 18.2 Å². The molecule has 0 aliphatic heterocycles.